The van der Waals surface area contributed by atoms with Crippen molar-refractivity contribution >= 4 is 22.5 Å². The monoisotopic (exact) mass is 351 g/mol. The molecular formula is C19H21N5O2. The number of para-hydroxylation sites is 1. The second-order valence-corrected chi connectivity index (χ2v) is 6.67. The molecule has 0 bridgehead atoms. The Hall–Kier alpha value is -2.93. The van der Waals surface area contributed by atoms with Crippen LogP contribution in [0.1, 0.15) is 23.3 Å². The lowest BCUT2D eigenvalue weighted by atomic mass is 10.1. The normalized spacial score (nSPS) is 16.9. The molecule has 0 spiro atoms. The third kappa shape index (κ3) is 3.13. The van der Waals surface area contributed by atoms with E-state index < -0.39 is 0 Å². The van der Waals surface area contributed by atoms with Crippen molar-refractivity contribution in [3.05, 3.63) is 58.6 Å². The lowest BCUT2D eigenvalue weighted by molar-refractivity contribution is 0.101. The molecule has 26 heavy (non-hydrogen) atoms. The molecule has 1 atom stereocenters. The van der Waals surface area contributed by atoms with E-state index in [0.717, 1.165) is 25.0 Å². The average Bonchev–Trinajstić information content (AvgIpc) is 3.31. The van der Waals surface area contributed by atoms with E-state index >= 15 is 0 Å². The van der Waals surface area contributed by atoms with E-state index in [1.807, 2.05) is 29.1 Å². The van der Waals surface area contributed by atoms with E-state index in [1.54, 1.807) is 23.9 Å². The Bertz CT molecular complexity index is 1010. The Labute approximate surface area is 150 Å². The molecule has 1 amide bonds. The van der Waals surface area contributed by atoms with Gasteiger partial charge in [0, 0.05) is 30.7 Å². The number of pyridine rings is 1. The fraction of sp³-hybridized carbons (Fsp3) is 0.316. The van der Waals surface area contributed by atoms with Gasteiger partial charge in [-0.1, -0.05) is 12.1 Å². The van der Waals surface area contributed by atoms with Gasteiger partial charge in [0.1, 0.15) is 5.69 Å². The molecular weight excluding hydrogens is 330 g/mol. The van der Waals surface area contributed by atoms with Crippen LogP contribution in [0, 0.1) is 0 Å². The Morgan fingerprint density at radius 2 is 2.23 bits per heavy atom. The zero-order valence-electron chi connectivity index (χ0n) is 14.6. The molecule has 7 heteroatoms. The minimum Gasteiger partial charge on any atom is -0.339 e. The molecule has 1 unspecified atom stereocenters. The highest BCUT2D eigenvalue weighted by Crippen LogP contribution is 2.14. The first kappa shape index (κ1) is 16.5. The van der Waals surface area contributed by atoms with Crippen LogP contribution in [-0.2, 0) is 13.6 Å². The predicted molar refractivity (Wildman–Crippen MR) is 100 cm³/mol. The van der Waals surface area contributed by atoms with Gasteiger partial charge in [-0.3, -0.25) is 14.3 Å². The summed E-state index contributed by atoms with van der Waals surface area (Å²) in [5.74, 6) is -0.325. The highest BCUT2D eigenvalue weighted by atomic mass is 16.2. The van der Waals surface area contributed by atoms with E-state index in [-0.39, 0.29) is 11.3 Å². The molecule has 3 heterocycles. The standard InChI is InChI=1S/C19H21N5O2/c1-23-16-7-3-2-6-15(16)18(25)9-17(23)19(26)22-14-10-21-24(12-14)11-13-5-4-8-20-13/h2-3,6-7,9-10,12-13,20H,4-5,8,11H2,1H3,(H,22,26). The lowest BCUT2D eigenvalue weighted by Gasteiger charge is -2.12. The zero-order valence-corrected chi connectivity index (χ0v) is 14.6. The second-order valence-electron chi connectivity index (χ2n) is 6.67. The number of nitrogens with zero attached hydrogens (tertiary/aromatic N) is 3. The molecule has 134 valence electrons. The Morgan fingerprint density at radius 1 is 1.38 bits per heavy atom. The van der Waals surface area contributed by atoms with Crippen LogP contribution in [0.5, 0.6) is 0 Å². The van der Waals surface area contributed by atoms with Crippen LogP contribution in [0.25, 0.3) is 10.9 Å². The quantitative estimate of drug-likeness (QED) is 0.750. The smallest absolute Gasteiger partial charge is 0.272 e. The van der Waals surface area contributed by atoms with E-state index in [0.29, 0.717) is 22.8 Å². The summed E-state index contributed by atoms with van der Waals surface area (Å²) in [6.07, 6.45) is 5.77. The molecule has 1 saturated heterocycles. The molecule has 2 aromatic heterocycles. The number of aryl methyl sites for hydroxylation is 1. The van der Waals surface area contributed by atoms with Crippen LogP contribution in [-0.4, -0.2) is 32.8 Å². The summed E-state index contributed by atoms with van der Waals surface area (Å²) in [7, 11) is 1.78. The number of nitrogens with one attached hydrogen (secondary N) is 2. The summed E-state index contributed by atoms with van der Waals surface area (Å²) in [5, 5.41) is 11.2. The van der Waals surface area contributed by atoms with Crippen LogP contribution in [0.4, 0.5) is 5.69 Å². The number of carbonyl (C=O) groups is 1. The zero-order chi connectivity index (χ0) is 18.1. The van der Waals surface area contributed by atoms with Crippen LogP contribution in [0.2, 0.25) is 0 Å². The first-order valence-corrected chi connectivity index (χ1v) is 8.78. The minimum atomic E-state index is -0.325. The van der Waals surface area contributed by atoms with Crippen molar-refractivity contribution in [1.29, 1.82) is 0 Å². The SMILES string of the molecule is Cn1c(C(=O)Nc2cnn(CC3CCCN3)c2)cc(=O)c2ccccc21. The van der Waals surface area contributed by atoms with Crippen molar-refractivity contribution in [2.75, 3.05) is 11.9 Å². The number of fused-ring (bicyclic) bond motifs is 1. The topological polar surface area (TPSA) is 81.0 Å². The highest BCUT2D eigenvalue weighted by Gasteiger charge is 2.16. The summed E-state index contributed by atoms with van der Waals surface area (Å²) in [4.78, 5) is 25.0. The minimum absolute atomic E-state index is 0.160. The Morgan fingerprint density at radius 3 is 3.04 bits per heavy atom. The van der Waals surface area contributed by atoms with Gasteiger partial charge in [0.05, 0.1) is 23.9 Å². The first-order chi connectivity index (χ1) is 12.6. The van der Waals surface area contributed by atoms with E-state index in [2.05, 4.69) is 15.7 Å². The van der Waals surface area contributed by atoms with E-state index in [1.165, 1.54) is 12.5 Å². The molecule has 1 aliphatic heterocycles. The molecule has 4 rings (SSSR count). The van der Waals surface area contributed by atoms with Gasteiger partial charge in [0.25, 0.3) is 5.91 Å². The Balaban J connectivity index is 1.55. The molecule has 2 N–H and O–H groups in total. The first-order valence-electron chi connectivity index (χ1n) is 8.78. The predicted octanol–water partition coefficient (Wildman–Crippen LogP) is 1.74. The fourth-order valence-electron chi connectivity index (χ4n) is 3.48. The molecule has 3 aromatic rings. The van der Waals surface area contributed by atoms with Gasteiger partial charge in [-0.05, 0) is 31.5 Å². The van der Waals surface area contributed by atoms with Gasteiger partial charge in [0.15, 0.2) is 5.43 Å². The van der Waals surface area contributed by atoms with Crippen molar-refractivity contribution in [2.24, 2.45) is 7.05 Å². The van der Waals surface area contributed by atoms with Crippen molar-refractivity contribution in [3.8, 4) is 0 Å². The van der Waals surface area contributed by atoms with Gasteiger partial charge in [0.2, 0.25) is 0 Å². The van der Waals surface area contributed by atoms with Crippen LogP contribution >= 0.6 is 0 Å². The number of anilines is 1. The van der Waals surface area contributed by atoms with Crippen molar-refractivity contribution in [2.45, 2.75) is 25.4 Å². The van der Waals surface area contributed by atoms with Crippen molar-refractivity contribution < 1.29 is 4.79 Å². The van der Waals surface area contributed by atoms with Crippen LogP contribution in [0.3, 0.4) is 0 Å². The summed E-state index contributed by atoms with van der Waals surface area (Å²) in [5.41, 5.74) is 1.51. The van der Waals surface area contributed by atoms with Crippen molar-refractivity contribution in [3.63, 3.8) is 0 Å². The van der Waals surface area contributed by atoms with Gasteiger partial charge in [-0.15, -0.1) is 0 Å². The third-order valence-corrected chi connectivity index (χ3v) is 4.85. The number of aromatic nitrogens is 3. The second kappa shape index (κ2) is 6.76. The molecule has 1 aromatic carbocycles. The van der Waals surface area contributed by atoms with E-state index in [4.69, 9.17) is 0 Å². The lowest BCUT2D eigenvalue weighted by Crippen LogP contribution is -2.26. The number of carbonyl (C=O) groups excluding carboxylic acids is 1. The Kier molecular flexibility index (Phi) is 4.30. The summed E-state index contributed by atoms with van der Waals surface area (Å²) >= 11 is 0. The maximum Gasteiger partial charge on any atom is 0.272 e. The van der Waals surface area contributed by atoms with Gasteiger partial charge < -0.3 is 15.2 Å². The molecule has 1 aliphatic rings. The van der Waals surface area contributed by atoms with E-state index in [9.17, 15) is 9.59 Å². The fourth-order valence-corrected chi connectivity index (χ4v) is 3.48. The number of rotatable bonds is 4. The average molecular weight is 351 g/mol. The number of hydrogen-bond acceptors (Lipinski definition) is 4. The maximum atomic E-state index is 12.7. The summed E-state index contributed by atoms with van der Waals surface area (Å²) in [6, 6.07) is 9.08. The molecule has 0 saturated carbocycles. The van der Waals surface area contributed by atoms with Crippen LogP contribution in [0.15, 0.2) is 47.5 Å². The molecule has 1 fully saturated rings. The largest absolute Gasteiger partial charge is 0.339 e. The van der Waals surface area contributed by atoms with Gasteiger partial charge in [-0.25, -0.2) is 0 Å². The molecule has 7 nitrogen and oxygen atoms in total. The summed E-state index contributed by atoms with van der Waals surface area (Å²) in [6.45, 7) is 1.83. The number of benzene rings is 1. The molecule has 0 aliphatic carbocycles. The highest BCUT2D eigenvalue weighted by molar-refractivity contribution is 6.04. The molecule has 0 radical (unpaired) electrons. The number of hydrogen-bond donors (Lipinski definition) is 2. The summed E-state index contributed by atoms with van der Waals surface area (Å²) < 4.78 is 3.57. The van der Waals surface area contributed by atoms with Gasteiger partial charge >= 0.3 is 0 Å². The number of amides is 1. The van der Waals surface area contributed by atoms with Crippen LogP contribution < -0.4 is 16.1 Å². The maximum absolute atomic E-state index is 12.7. The third-order valence-electron chi connectivity index (χ3n) is 4.85. The van der Waals surface area contributed by atoms with Crippen molar-refractivity contribution in [1.82, 2.24) is 19.7 Å². The van der Waals surface area contributed by atoms with Gasteiger partial charge in [-0.2, -0.15) is 5.10 Å².